The van der Waals surface area contributed by atoms with Crippen molar-refractivity contribution in [1.29, 1.82) is 0 Å². The Kier molecular flexibility index (Phi) is 22.6. The lowest BCUT2D eigenvalue weighted by Gasteiger charge is -2.21. The summed E-state index contributed by atoms with van der Waals surface area (Å²) in [5.74, 6) is 0.323. The number of rotatable bonds is 22. The number of esters is 1. The smallest absolute Gasteiger partial charge is 0.416 e. The minimum absolute atomic E-state index is 0. The summed E-state index contributed by atoms with van der Waals surface area (Å²) in [6, 6.07) is 0. The van der Waals surface area contributed by atoms with E-state index in [1.54, 1.807) is 6.92 Å². The summed E-state index contributed by atoms with van der Waals surface area (Å²) in [6.45, 7) is 9.42. The van der Waals surface area contributed by atoms with Crippen molar-refractivity contribution in [3.63, 3.8) is 0 Å². The van der Waals surface area contributed by atoms with Crippen molar-refractivity contribution in [3.05, 3.63) is 16.8 Å². The zero-order chi connectivity index (χ0) is 31.3. The quantitative estimate of drug-likeness (QED) is 0.0635. The van der Waals surface area contributed by atoms with Crippen LogP contribution in [0.4, 0.5) is 10.5 Å². The van der Waals surface area contributed by atoms with Gasteiger partial charge in [-0.2, -0.15) is 4.57 Å². The first kappa shape index (κ1) is 40.4. The van der Waals surface area contributed by atoms with E-state index < -0.39 is 12.1 Å². The van der Waals surface area contributed by atoms with E-state index in [2.05, 4.69) is 12.2 Å². The molecule has 1 aromatic heterocycles. The molecule has 7 nitrogen and oxygen atoms in total. The monoisotopic (exact) mass is 729 g/mol. The summed E-state index contributed by atoms with van der Waals surface area (Å²) < 4.78 is 13.3. The molecule has 0 aromatic carbocycles. The second kappa shape index (κ2) is 24.6. The molecule has 1 amide bonds. The Hall–Kier alpha value is -1.58. The first-order valence-corrected chi connectivity index (χ1v) is 17.9. The third-order valence-electron chi connectivity index (χ3n) is 9.19. The van der Waals surface area contributed by atoms with Gasteiger partial charge in [0.2, 0.25) is 5.69 Å². The molecule has 254 valence electrons. The summed E-state index contributed by atoms with van der Waals surface area (Å²) >= 11 is 0. The molecule has 0 unspecified atom stereocenters. The highest BCUT2D eigenvalue weighted by atomic mass is 127. The number of carbonyl (C=O) groups is 2. The number of hydrogen-bond acceptors (Lipinski definition) is 5. The van der Waals surface area contributed by atoms with Gasteiger partial charge in [-0.1, -0.05) is 122 Å². The van der Waals surface area contributed by atoms with Gasteiger partial charge in [-0.25, -0.2) is 9.59 Å². The molecule has 2 rings (SSSR count). The zero-order valence-corrected chi connectivity index (χ0v) is 30.7. The highest BCUT2D eigenvalue weighted by molar-refractivity contribution is 5.97. The molecule has 0 spiro atoms. The van der Waals surface area contributed by atoms with E-state index in [1.165, 1.54) is 109 Å². The van der Waals surface area contributed by atoms with Gasteiger partial charge in [-0.05, 0) is 39.0 Å². The van der Waals surface area contributed by atoms with Crippen LogP contribution in [-0.4, -0.2) is 25.2 Å². The van der Waals surface area contributed by atoms with Crippen molar-refractivity contribution in [2.45, 2.75) is 169 Å². The van der Waals surface area contributed by atoms with Crippen LogP contribution in [0.25, 0.3) is 0 Å². The molecule has 3 N–H and O–H groups in total. The molecule has 0 bridgehead atoms. The van der Waals surface area contributed by atoms with Crippen molar-refractivity contribution >= 4 is 17.7 Å². The van der Waals surface area contributed by atoms with E-state index in [0.717, 1.165) is 25.7 Å². The number of amides is 1. The highest BCUT2D eigenvalue weighted by Crippen LogP contribution is 2.28. The van der Waals surface area contributed by atoms with Crippen LogP contribution in [0.5, 0.6) is 5.88 Å². The van der Waals surface area contributed by atoms with Gasteiger partial charge in [0.15, 0.2) is 0 Å². The number of unbranched alkanes of at least 4 members (excludes halogenated alkanes) is 15. The third-order valence-corrected chi connectivity index (χ3v) is 9.19. The molecule has 1 aliphatic rings. The number of nitrogens with two attached hydrogens (primary N) is 1. The summed E-state index contributed by atoms with van der Waals surface area (Å²) in [7, 11) is 0. The van der Waals surface area contributed by atoms with Crippen molar-refractivity contribution in [2.24, 2.45) is 5.92 Å². The van der Waals surface area contributed by atoms with Crippen molar-refractivity contribution in [1.82, 2.24) is 5.32 Å². The van der Waals surface area contributed by atoms with E-state index in [9.17, 15) is 9.59 Å². The molecular formula is C36H64IN3O4. The molecule has 1 heterocycles. The molecule has 44 heavy (non-hydrogen) atoms. The Bertz CT molecular complexity index is 950. The van der Waals surface area contributed by atoms with Gasteiger partial charge in [0.25, 0.3) is 0 Å². The Labute approximate surface area is 286 Å². The zero-order valence-electron chi connectivity index (χ0n) is 28.6. The van der Waals surface area contributed by atoms with Crippen molar-refractivity contribution in [3.8, 4) is 5.88 Å². The summed E-state index contributed by atoms with van der Waals surface area (Å²) in [5.41, 5.74) is 8.32. The number of pyridine rings is 1. The fourth-order valence-electron chi connectivity index (χ4n) is 6.37. The lowest BCUT2D eigenvalue weighted by atomic mass is 9.90. The van der Waals surface area contributed by atoms with E-state index in [-0.39, 0.29) is 24.0 Å². The number of aromatic nitrogens is 1. The molecule has 8 heteroatoms. The molecule has 1 saturated carbocycles. The average Bonchev–Trinajstić information content (AvgIpc) is 3.01. The number of nitrogens with zero attached hydrogens (tertiary/aromatic N) is 1. The van der Waals surface area contributed by atoms with Crippen LogP contribution < -0.4 is 44.3 Å². The number of hydrogen-bond donors (Lipinski definition) is 2. The minimum Gasteiger partial charge on any atom is -1.00 e. The molecular weight excluding hydrogens is 665 g/mol. The molecule has 1 aromatic rings. The predicted octanol–water partition coefficient (Wildman–Crippen LogP) is 6.28. The topological polar surface area (TPSA) is 94.5 Å². The molecule has 0 saturated heterocycles. The standard InChI is InChI=1S/C36H63N3O4.HI/c1-5-7-8-9-10-11-12-13-14-15-16-17-18-19-20-24-27-38-36(41)43-34-29(3)32(33(37)30(4)39(34)6-2)35(40)42-28-31-25-22-21-23-26-31;/h31H,5-28H2,1-4H3,(H2-,37,38,40,41);1H. The highest BCUT2D eigenvalue weighted by Gasteiger charge is 2.31. The van der Waals surface area contributed by atoms with Crippen LogP contribution in [0, 0.1) is 19.8 Å². The Balaban J connectivity index is 0.00000968. The largest absolute Gasteiger partial charge is 1.00 e. The van der Waals surface area contributed by atoms with Crippen LogP contribution in [0.15, 0.2) is 0 Å². The number of carbonyl (C=O) groups excluding carboxylic acids is 2. The second-order valence-electron chi connectivity index (χ2n) is 12.8. The van der Waals surface area contributed by atoms with E-state index in [4.69, 9.17) is 15.2 Å². The fourth-order valence-corrected chi connectivity index (χ4v) is 6.37. The SMILES string of the molecule is CCCCCCCCCCCCCCCCCCNC(=O)Oc1c(C)c(C(=O)OCC2CCCCC2)c(N)c(C)[n+]1CC.[I-]. The second-order valence-corrected chi connectivity index (χ2v) is 12.8. The Morgan fingerprint density at radius 3 is 1.80 bits per heavy atom. The molecule has 0 aliphatic heterocycles. The van der Waals surface area contributed by atoms with E-state index >= 15 is 0 Å². The molecule has 0 atom stereocenters. The van der Waals surface area contributed by atoms with Gasteiger partial charge in [-0.15, -0.1) is 0 Å². The van der Waals surface area contributed by atoms with Gasteiger partial charge >= 0.3 is 17.9 Å². The van der Waals surface area contributed by atoms with Gasteiger partial charge < -0.3 is 44.5 Å². The number of nitrogens with one attached hydrogen (secondary N) is 1. The van der Waals surface area contributed by atoms with Gasteiger partial charge in [0.05, 0.1) is 12.2 Å². The van der Waals surface area contributed by atoms with Crippen molar-refractivity contribution in [2.75, 3.05) is 18.9 Å². The molecule has 1 aliphatic carbocycles. The molecule has 1 fully saturated rings. The van der Waals surface area contributed by atoms with E-state index in [0.29, 0.717) is 54.0 Å². The number of halogens is 1. The van der Waals surface area contributed by atoms with Crippen LogP contribution in [0.2, 0.25) is 0 Å². The fraction of sp³-hybridized carbons (Fsp3) is 0.806. The average molecular weight is 730 g/mol. The van der Waals surface area contributed by atoms with Crippen LogP contribution in [0.3, 0.4) is 0 Å². The first-order chi connectivity index (χ1) is 20.9. The summed E-state index contributed by atoms with van der Waals surface area (Å²) in [6.07, 6.45) is 26.4. The Morgan fingerprint density at radius 2 is 1.30 bits per heavy atom. The third kappa shape index (κ3) is 15.1. The van der Waals surface area contributed by atoms with Crippen molar-refractivity contribution < 1.29 is 47.6 Å². The van der Waals surface area contributed by atoms with Gasteiger partial charge in [0.1, 0.15) is 17.8 Å². The maximum absolute atomic E-state index is 13.1. The first-order valence-electron chi connectivity index (χ1n) is 17.9. The van der Waals surface area contributed by atoms with Crippen LogP contribution in [0.1, 0.15) is 170 Å². The maximum Gasteiger partial charge on any atom is 0.416 e. The molecule has 0 radical (unpaired) electrons. The number of ether oxygens (including phenoxy) is 2. The van der Waals surface area contributed by atoms with E-state index in [1.807, 2.05) is 18.4 Å². The normalized spacial score (nSPS) is 13.4. The number of nitrogen functional groups attached to an aromatic ring is 1. The Morgan fingerprint density at radius 1 is 0.795 bits per heavy atom. The van der Waals surface area contributed by atoms with Crippen LogP contribution >= 0.6 is 0 Å². The van der Waals surface area contributed by atoms with Gasteiger partial charge in [-0.3, -0.25) is 0 Å². The maximum atomic E-state index is 13.1. The summed E-state index contributed by atoms with van der Waals surface area (Å²) in [4.78, 5) is 25.8. The van der Waals surface area contributed by atoms with Crippen LogP contribution in [-0.2, 0) is 11.3 Å². The predicted molar refractivity (Wildman–Crippen MR) is 177 cm³/mol. The lowest BCUT2D eigenvalue weighted by Crippen LogP contribution is -3.00. The van der Waals surface area contributed by atoms with Gasteiger partial charge in [0, 0.05) is 13.5 Å². The lowest BCUT2D eigenvalue weighted by molar-refractivity contribution is -0.702. The minimum atomic E-state index is -0.503. The number of anilines is 1. The summed E-state index contributed by atoms with van der Waals surface area (Å²) in [5, 5.41) is 2.89.